The molecule has 0 aliphatic heterocycles. The average Bonchev–Trinajstić information content (AvgIpc) is 3.88. The molecule has 0 N–H and O–H groups in total. The Morgan fingerprint density at radius 2 is 1.67 bits per heavy atom. The zero-order valence-electron chi connectivity index (χ0n) is 34.8. The number of nitrogens with zero attached hydrogens (tertiary/aromatic N) is 3. The second-order valence-corrected chi connectivity index (χ2v) is 20.9. The Hall–Kier alpha value is -5.12. The highest BCUT2D eigenvalue weighted by Crippen LogP contribution is 2.42. The van der Waals surface area contributed by atoms with Gasteiger partial charge in [0.05, 0.1) is 44.9 Å². The first-order valence-corrected chi connectivity index (χ1v) is 23.5. The van der Waals surface area contributed by atoms with Gasteiger partial charge in [-0.25, -0.2) is 29.6 Å². The van der Waals surface area contributed by atoms with Crippen molar-refractivity contribution < 1.29 is 39.9 Å². The highest BCUT2D eigenvalue weighted by atomic mass is 79.9. The summed E-state index contributed by atoms with van der Waals surface area (Å²) < 4.78 is 98.1. The fourth-order valence-corrected chi connectivity index (χ4v) is 11.0. The lowest BCUT2D eigenvalue weighted by Crippen LogP contribution is -2.34. The standard InChI is InChI=1S/C46H48BrF2N3O7S2/c1-8-60(54,55)29-45(4,5)21-10-22-46(6,33-12-9-11-32(26-33)25-31(3)44(53)58-7)52-40(19-23-50-52)37-27-34(15-18-38(37)48)59-43-39(49)28-41-36(42(43)47)20-24-51(41)61(56,57)35-16-13-30(2)14-17-35/h8-9,11-20,23-24,26-28,31H,1,10,21-22,25,29H2,2-7H3/t31-,46?/m1/s1. The minimum Gasteiger partial charge on any atom is -0.469 e. The van der Waals surface area contributed by atoms with Gasteiger partial charge >= 0.3 is 5.97 Å². The summed E-state index contributed by atoms with van der Waals surface area (Å²) in [5.41, 5.74) is 1.68. The molecule has 0 bridgehead atoms. The summed E-state index contributed by atoms with van der Waals surface area (Å²) in [4.78, 5) is 12.4. The van der Waals surface area contributed by atoms with E-state index in [1.807, 2.05) is 52.0 Å². The number of fused-ring (bicyclic) bond motifs is 1. The lowest BCUT2D eigenvalue weighted by Gasteiger charge is -2.34. The fourth-order valence-electron chi connectivity index (χ4n) is 7.71. The first-order valence-electron chi connectivity index (χ1n) is 19.6. The van der Waals surface area contributed by atoms with E-state index in [1.54, 1.807) is 36.0 Å². The Kier molecular flexibility index (Phi) is 13.2. The zero-order valence-corrected chi connectivity index (χ0v) is 38.0. The molecule has 1 unspecified atom stereocenters. The second-order valence-electron chi connectivity index (χ2n) is 16.3. The van der Waals surface area contributed by atoms with Crippen LogP contribution in [0.3, 0.4) is 0 Å². The molecule has 0 amide bonds. The molecule has 0 fully saturated rings. The van der Waals surface area contributed by atoms with Crippen molar-refractivity contribution >= 4 is 52.7 Å². The second kappa shape index (κ2) is 17.7. The van der Waals surface area contributed by atoms with E-state index in [1.165, 1.54) is 49.7 Å². The maximum atomic E-state index is 16.1. The molecule has 10 nitrogen and oxygen atoms in total. The first-order chi connectivity index (χ1) is 28.7. The van der Waals surface area contributed by atoms with Gasteiger partial charge in [0.1, 0.15) is 11.6 Å². The summed E-state index contributed by atoms with van der Waals surface area (Å²) in [6.45, 7) is 12.9. The molecule has 2 atom stereocenters. The van der Waals surface area contributed by atoms with Crippen molar-refractivity contribution in [1.82, 2.24) is 13.8 Å². The van der Waals surface area contributed by atoms with E-state index in [-0.39, 0.29) is 43.7 Å². The van der Waals surface area contributed by atoms with Gasteiger partial charge in [0, 0.05) is 34.8 Å². The van der Waals surface area contributed by atoms with Gasteiger partial charge in [-0.3, -0.25) is 9.48 Å². The minimum atomic E-state index is -4.06. The SMILES string of the molecule is C=CS(=O)(=O)CC(C)(C)CCCC(C)(c1cccc(C[C@@H](C)C(=O)OC)c1)n1nccc1-c1cc(Oc2c(F)cc3c(ccn3S(=O)(=O)c3ccc(C)cc3)c2Br)ccc1F. The molecule has 2 heterocycles. The van der Waals surface area contributed by atoms with E-state index in [0.717, 1.165) is 32.1 Å². The van der Waals surface area contributed by atoms with Crippen LogP contribution < -0.4 is 4.74 Å². The highest BCUT2D eigenvalue weighted by molar-refractivity contribution is 9.10. The van der Waals surface area contributed by atoms with Crippen LogP contribution in [0.2, 0.25) is 0 Å². The van der Waals surface area contributed by atoms with Crippen molar-refractivity contribution in [2.45, 2.75) is 70.7 Å². The van der Waals surface area contributed by atoms with Crippen LogP contribution in [-0.2, 0) is 41.4 Å². The molecule has 0 aliphatic rings. The third-order valence-electron chi connectivity index (χ3n) is 11.0. The Balaban J connectivity index is 1.37. The van der Waals surface area contributed by atoms with Gasteiger partial charge in [0.15, 0.2) is 21.4 Å². The van der Waals surface area contributed by atoms with Crippen LogP contribution in [0.1, 0.15) is 63.6 Å². The maximum absolute atomic E-state index is 16.1. The Bertz CT molecular complexity index is 2840. The normalized spacial score (nSPS) is 13.8. The number of sulfone groups is 1. The predicted octanol–water partition coefficient (Wildman–Crippen LogP) is 10.8. The Morgan fingerprint density at radius 1 is 0.951 bits per heavy atom. The van der Waals surface area contributed by atoms with E-state index < -0.39 is 48.4 Å². The van der Waals surface area contributed by atoms with Gasteiger partial charge in [-0.05, 0) is 108 Å². The smallest absolute Gasteiger partial charge is 0.308 e. The van der Waals surface area contributed by atoms with Gasteiger partial charge in [-0.1, -0.05) is 75.7 Å². The molecular weight excluding hydrogens is 889 g/mol. The van der Waals surface area contributed by atoms with Crippen molar-refractivity contribution in [3.8, 4) is 22.8 Å². The molecule has 6 aromatic rings. The summed E-state index contributed by atoms with van der Waals surface area (Å²) in [7, 11) is -6.18. The molecule has 0 saturated carbocycles. The number of methoxy groups -OCH3 is 1. The fraction of sp³-hybridized carbons (Fsp3) is 0.304. The van der Waals surface area contributed by atoms with E-state index in [9.17, 15) is 21.6 Å². The number of aromatic nitrogens is 3. The van der Waals surface area contributed by atoms with Gasteiger partial charge < -0.3 is 9.47 Å². The summed E-state index contributed by atoms with van der Waals surface area (Å²) in [6, 6.07) is 22.4. The minimum absolute atomic E-state index is 0.0466. The molecule has 0 aliphatic carbocycles. The van der Waals surface area contributed by atoms with Gasteiger partial charge in [-0.15, -0.1) is 0 Å². The van der Waals surface area contributed by atoms with E-state index in [4.69, 9.17) is 14.6 Å². The van der Waals surface area contributed by atoms with E-state index in [0.29, 0.717) is 36.8 Å². The van der Waals surface area contributed by atoms with Crippen LogP contribution >= 0.6 is 15.9 Å². The van der Waals surface area contributed by atoms with Crippen LogP contribution in [-0.4, -0.2) is 49.4 Å². The average molecular weight is 937 g/mol. The molecule has 4 aromatic carbocycles. The molecule has 0 radical (unpaired) electrons. The largest absolute Gasteiger partial charge is 0.469 e. The summed E-state index contributed by atoms with van der Waals surface area (Å²) in [5.74, 6) is -2.41. The monoisotopic (exact) mass is 935 g/mol. The van der Waals surface area contributed by atoms with Crippen molar-refractivity contribution in [1.29, 1.82) is 0 Å². The molecular formula is C46H48BrF2N3O7S2. The summed E-state index contributed by atoms with van der Waals surface area (Å²) in [5, 5.41) is 6.08. The number of rotatable bonds is 17. The summed E-state index contributed by atoms with van der Waals surface area (Å²) >= 11 is 3.44. The van der Waals surface area contributed by atoms with Gasteiger partial charge in [-0.2, -0.15) is 5.10 Å². The number of ether oxygens (including phenoxy) is 2. The maximum Gasteiger partial charge on any atom is 0.308 e. The lowest BCUT2D eigenvalue weighted by atomic mass is 9.81. The third-order valence-corrected chi connectivity index (χ3v) is 15.2. The predicted molar refractivity (Wildman–Crippen MR) is 237 cm³/mol. The van der Waals surface area contributed by atoms with Crippen molar-refractivity contribution in [2.75, 3.05) is 12.9 Å². The van der Waals surface area contributed by atoms with Crippen LogP contribution in [0.5, 0.6) is 11.5 Å². The van der Waals surface area contributed by atoms with Crippen molar-refractivity contribution in [3.05, 3.63) is 142 Å². The number of hydrogen-bond acceptors (Lipinski definition) is 8. The molecule has 0 spiro atoms. The molecule has 6 rings (SSSR count). The van der Waals surface area contributed by atoms with Gasteiger partial charge in [0.2, 0.25) is 0 Å². The van der Waals surface area contributed by atoms with Crippen LogP contribution in [0.4, 0.5) is 8.78 Å². The van der Waals surface area contributed by atoms with Gasteiger partial charge in [0.25, 0.3) is 10.0 Å². The highest BCUT2D eigenvalue weighted by Gasteiger charge is 2.34. The van der Waals surface area contributed by atoms with Crippen molar-refractivity contribution in [3.63, 3.8) is 0 Å². The number of halogens is 3. The Morgan fingerprint density at radius 3 is 2.36 bits per heavy atom. The topological polar surface area (TPSA) is 127 Å². The van der Waals surface area contributed by atoms with Crippen LogP contribution in [0.25, 0.3) is 22.2 Å². The van der Waals surface area contributed by atoms with Crippen LogP contribution in [0, 0.1) is 29.9 Å². The quantitative estimate of drug-likeness (QED) is 0.0828. The number of carbonyl (C=O) groups excluding carboxylic acids is 1. The third kappa shape index (κ3) is 9.68. The molecule has 0 saturated heterocycles. The summed E-state index contributed by atoms with van der Waals surface area (Å²) in [6.07, 6.45) is 4.88. The number of benzene rings is 4. The van der Waals surface area contributed by atoms with E-state index >= 15 is 8.78 Å². The number of esters is 1. The first kappa shape index (κ1) is 45.4. The lowest BCUT2D eigenvalue weighted by molar-refractivity contribution is -0.144. The Labute approximate surface area is 364 Å². The molecule has 15 heteroatoms. The number of hydrogen-bond donors (Lipinski definition) is 0. The molecule has 322 valence electrons. The van der Waals surface area contributed by atoms with Crippen LogP contribution in [0.15, 0.2) is 119 Å². The van der Waals surface area contributed by atoms with Crippen molar-refractivity contribution in [2.24, 2.45) is 11.3 Å². The number of carbonyl (C=O) groups is 1. The van der Waals surface area contributed by atoms with E-state index in [2.05, 4.69) is 22.5 Å². The molecule has 61 heavy (non-hydrogen) atoms. The number of aryl methyl sites for hydroxylation is 1. The zero-order chi connectivity index (χ0) is 44.5. The molecule has 2 aromatic heterocycles.